The van der Waals surface area contributed by atoms with Crippen molar-refractivity contribution in [1.29, 1.82) is 0 Å². The minimum atomic E-state index is 0.184. The van der Waals surface area contributed by atoms with Gasteiger partial charge in [-0.2, -0.15) is 0 Å². The highest BCUT2D eigenvalue weighted by atomic mass is 16.3. The minimum absolute atomic E-state index is 0.184. The molecule has 1 amide bonds. The zero-order chi connectivity index (χ0) is 19.6. The molecule has 0 radical (unpaired) electrons. The monoisotopic (exact) mass is 386 g/mol. The summed E-state index contributed by atoms with van der Waals surface area (Å²) in [5.74, 6) is 0.184. The van der Waals surface area contributed by atoms with Gasteiger partial charge in [0.05, 0.1) is 38.9 Å². The average molecular weight is 386 g/mol. The third kappa shape index (κ3) is 3.61. The van der Waals surface area contributed by atoms with Gasteiger partial charge in [-0.05, 0) is 29.0 Å². The van der Waals surface area contributed by atoms with Crippen LogP contribution in [-0.2, 0) is 17.8 Å². The van der Waals surface area contributed by atoms with Gasteiger partial charge in [-0.3, -0.25) is 9.78 Å². The fraction of sp³-hybridized carbons (Fsp3) is 0.250. The van der Waals surface area contributed by atoms with Crippen LogP contribution in [-0.4, -0.2) is 42.0 Å². The topological polar surface area (TPSA) is 50.8 Å². The molecule has 2 aromatic carbocycles. The number of benzene rings is 2. The van der Waals surface area contributed by atoms with Crippen LogP contribution in [0.3, 0.4) is 0 Å². The molecule has 1 N–H and O–H groups in total. The number of aromatic nitrogens is 1. The predicted molar refractivity (Wildman–Crippen MR) is 113 cm³/mol. The number of pyridine rings is 1. The highest BCUT2D eigenvalue weighted by Gasteiger charge is 2.25. The Kier molecular flexibility index (Phi) is 4.74. The summed E-state index contributed by atoms with van der Waals surface area (Å²) in [6.07, 6.45) is 5.82. The van der Waals surface area contributed by atoms with Gasteiger partial charge in [0.1, 0.15) is 12.1 Å². The second-order valence-corrected chi connectivity index (χ2v) is 7.76. The molecule has 0 spiro atoms. The molecule has 1 aliphatic heterocycles. The molecule has 1 saturated heterocycles. The van der Waals surface area contributed by atoms with Crippen molar-refractivity contribution in [3.63, 3.8) is 0 Å². The molecule has 29 heavy (non-hydrogen) atoms. The number of fused-ring (bicyclic) bond motifs is 3. The highest BCUT2D eigenvalue weighted by molar-refractivity contribution is 6.08. The number of rotatable bonds is 4. The number of furan rings is 1. The fourth-order valence-electron chi connectivity index (χ4n) is 4.32. The van der Waals surface area contributed by atoms with Crippen LogP contribution in [0.15, 0.2) is 71.6 Å². The molecule has 5 rings (SSSR count). The summed E-state index contributed by atoms with van der Waals surface area (Å²) in [5, 5.41) is 3.38. The van der Waals surface area contributed by atoms with Crippen molar-refractivity contribution < 1.29 is 14.1 Å². The van der Waals surface area contributed by atoms with Crippen LogP contribution in [0.4, 0.5) is 0 Å². The van der Waals surface area contributed by atoms with Crippen LogP contribution in [0.5, 0.6) is 0 Å². The third-order valence-electron chi connectivity index (χ3n) is 5.91. The molecule has 0 aliphatic carbocycles. The number of amides is 1. The number of carbonyl (C=O) groups excluding carboxylic acids is 1. The van der Waals surface area contributed by atoms with Crippen LogP contribution in [0.25, 0.3) is 21.7 Å². The molecule has 2 aromatic heterocycles. The predicted octanol–water partition coefficient (Wildman–Crippen LogP) is 2.45. The Bertz CT molecular complexity index is 1140. The number of nitrogens with zero attached hydrogens (tertiary/aromatic N) is 2. The molecule has 1 fully saturated rings. The number of carbonyl (C=O) groups is 1. The SMILES string of the molecule is O=C(Cc1coc2ccc3ccccc3c12)N1CC[NH+](Cc2ccncc2)CC1. The number of hydrogen-bond acceptors (Lipinski definition) is 3. The van der Waals surface area contributed by atoms with Gasteiger partial charge in [0.2, 0.25) is 5.91 Å². The van der Waals surface area contributed by atoms with Crippen molar-refractivity contribution in [3.05, 3.63) is 78.3 Å². The number of nitrogens with one attached hydrogen (secondary N) is 1. The smallest absolute Gasteiger partial charge is 0.227 e. The van der Waals surface area contributed by atoms with Gasteiger partial charge in [0, 0.05) is 28.9 Å². The Hall–Kier alpha value is -3.18. The van der Waals surface area contributed by atoms with E-state index < -0.39 is 0 Å². The van der Waals surface area contributed by atoms with E-state index >= 15 is 0 Å². The second-order valence-electron chi connectivity index (χ2n) is 7.76. The van der Waals surface area contributed by atoms with Gasteiger partial charge in [-0.1, -0.05) is 30.3 Å². The van der Waals surface area contributed by atoms with E-state index in [1.54, 1.807) is 6.26 Å². The molecule has 1 aliphatic rings. The number of quaternary nitrogens is 1. The van der Waals surface area contributed by atoms with Crippen molar-refractivity contribution in [2.75, 3.05) is 26.2 Å². The lowest BCUT2D eigenvalue weighted by Crippen LogP contribution is -3.13. The fourth-order valence-corrected chi connectivity index (χ4v) is 4.32. The molecule has 5 heteroatoms. The van der Waals surface area contributed by atoms with Crippen molar-refractivity contribution in [1.82, 2.24) is 9.88 Å². The highest BCUT2D eigenvalue weighted by Crippen LogP contribution is 2.30. The summed E-state index contributed by atoms with van der Waals surface area (Å²) in [4.78, 5) is 20.6. The standard InChI is InChI=1S/C24H23N3O2/c28-23(27-13-11-26(12-14-27)16-18-7-9-25-10-8-18)15-20-17-29-22-6-5-19-3-1-2-4-21(19)24(20)22/h1-10,17H,11-16H2/p+1. The van der Waals surface area contributed by atoms with E-state index in [4.69, 9.17) is 4.42 Å². The minimum Gasteiger partial charge on any atom is -0.464 e. The maximum absolute atomic E-state index is 13.0. The average Bonchev–Trinajstić information content (AvgIpc) is 3.18. The quantitative estimate of drug-likeness (QED) is 0.586. The van der Waals surface area contributed by atoms with Gasteiger partial charge in [0.15, 0.2) is 0 Å². The lowest BCUT2D eigenvalue weighted by Gasteiger charge is -2.32. The molecule has 0 unspecified atom stereocenters. The molecule has 0 saturated carbocycles. The third-order valence-corrected chi connectivity index (χ3v) is 5.91. The van der Waals surface area contributed by atoms with Gasteiger partial charge in [-0.25, -0.2) is 0 Å². The first kappa shape index (κ1) is 17.9. The molecule has 0 atom stereocenters. The Balaban J connectivity index is 1.27. The van der Waals surface area contributed by atoms with E-state index in [1.807, 2.05) is 35.5 Å². The van der Waals surface area contributed by atoms with Crippen molar-refractivity contribution >= 4 is 27.6 Å². The van der Waals surface area contributed by atoms with E-state index in [0.717, 1.165) is 54.6 Å². The zero-order valence-corrected chi connectivity index (χ0v) is 16.3. The normalized spacial score (nSPS) is 15.2. The summed E-state index contributed by atoms with van der Waals surface area (Å²) >= 11 is 0. The second kappa shape index (κ2) is 7.68. The largest absolute Gasteiger partial charge is 0.464 e. The number of hydrogen-bond donors (Lipinski definition) is 1. The van der Waals surface area contributed by atoms with E-state index in [0.29, 0.717) is 6.42 Å². The van der Waals surface area contributed by atoms with Crippen LogP contribution < -0.4 is 4.90 Å². The van der Waals surface area contributed by atoms with E-state index in [1.165, 1.54) is 15.8 Å². The molecular weight excluding hydrogens is 362 g/mol. The lowest BCUT2D eigenvalue weighted by atomic mass is 10.0. The summed E-state index contributed by atoms with van der Waals surface area (Å²) < 4.78 is 5.75. The van der Waals surface area contributed by atoms with Crippen molar-refractivity contribution in [2.45, 2.75) is 13.0 Å². The molecule has 3 heterocycles. The molecule has 0 bridgehead atoms. The van der Waals surface area contributed by atoms with E-state index in [2.05, 4.69) is 35.3 Å². The van der Waals surface area contributed by atoms with Gasteiger partial charge < -0.3 is 14.2 Å². The summed E-state index contributed by atoms with van der Waals surface area (Å²) in [6, 6.07) is 16.5. The summed E-state index contributed by atoms with van der Waals surface area (Å²) in [6.45, 7) is 4.54. The van der Waals surface area contributed by atoms with Crippen LogP contribution in [0.2, 0.25) is 0 Å². The first-order valence-corrected chi connectivity index (χ1v) is 10.2. The Morgan fingerprint density at radius 1 is 1.03 bits per heavy atom. The van der Waals surface area contributed by atoms with Gasteiger partial charge in [-0.15, -0.1) is 0 Å². The van der Waals surface area contributed by atoms with Crippen LogP contribution >= 0.6 is 0 Å². The Morgan fingerprint density at radius 3 is 2.66 bits per heavy atom. The van der Waals surface area contributed by atoms with Crippen LogP contribution in [0, 0.1) is 0 Å². The summed E-state index contributed by atoms with van der Waals surface area (Å²) in [5.41, 5.74) is 3.12. The van der Waals surface area contributed by atoms with Crippen LogP contribution in [0.1, 0.15) is 11.1 Å². The van der Waals surface area contributed by atoms with E-state index in [-0.39, 0.29) is 5.91 Å². The molecule has 4 aromatic rings. The maximum Gasteiger partial charge on any atom is 0.227 e. The van der Waals surface area contributed by atoms with E-state index in [9.17, 15) is 4.79 Å². The first-order valence-electron chi connectivity index (χ1n) is 10.2. The van der Waals surface area contributed by atoms with Gasteiger partial charge in [0.25, 0.3) is 0 Å². The first-order chi connectivity index (χ1) is 14.3. The van der Waals surface area contributed by atoms with Crippen molar-refractivity contribution in [3.8, 4) is 0 Å². The molecule has 5 nitrogen and oxygen atoms in total. The summed E-state index contributed by atoms with van der Waals surface area (Å²) in [7, 11) is 0. The zero-order valence-electron chi connectivity index (χ0n) is 16.3. The maximum atomic E-state index is 13.0. The Morgan fingerprint density at radius 2 is 1.83 bits per heavy atom. The number of piperazine rings is 1. The molecule has 146 valence electrons. The van der Waals surface area contributed by atoms with Crippen molar-refractivity contribution in [2.24, 2.45) is 0 Å². The van der Waals surface area contributed by atoms with Gasteiger partial charge >= 0.3 is 0 Å². The molecular formula is C24H24N3O2+. The lowest BCUT2D eigenvalue weighted by molar-refractivity contribution is -0.917. The Labute approximate surface area is 169 Å².